The van der Waals surface area contributed by atoms with E-state index >= 15 is 0 Å². The van der Waals surface area contributed by atoms with Gasteiger partial charge in [-0.1, -0.05) is 26.7 Å². The van der Waals surface area contributed by atoms with Crippen molar-refractivity contribution >= 4 is 11.8 Å². The minimum atomic E-state index is 0.326. The number of hydrogen-bond acceptors (Lipinski definition) is 4. The number of nitrogens with two attached hydrogens (primary N) is 1. The molecule has 0 spiro atoms. The fourth-order valence-electron chi connectivity index (χ4n) is 1.74. The minimum Gasteiger partial charge on any atom is -0.368 e. The molecule has 1 heterocycles. The van der Waals surface area contributed by atoms with Crippen LogP contribution in [0.15, 0.2) is 6.20 Å². The highest BCUT2D eigenvalue weighted by molar-refractivity contribution is 5.45. The Labute approximate surface area is 104 Å². The van der Waals surface area contributed by atoms with Crippen molar-refractivity contribution in [1.82, 2.24) is 9.97 Å². The molecule has 0 saturated carbocycles. The fraction of sp³-hybridized carbons (Fsp3) is 0.692. The minimum absolute atomic E-state index is 0.326. The molecule has 3 N–H and O–H groups in total. The molecule has 0 saturated heterocycles. The van der Waals surface area contributed by atoms with Gasteiger partial charge in [-0.3, -0.25) is 0 Å². The van der Waals surface area contributed by atoms with Gasteiger partial charge in [-0.05, 0) is 26.2 Å². The van der Waals surface area contributed by atoms with Gasteiger partial charge in [-0.25, -0.2) is 4.98 Å². The molecule has 4 heteroatoms. The predicted molar refractivity (Wildman–Crippen MR) is 73.0 cm³/mol. The van der Waals surface area contributed by atoms with Crippen molar-refractivity contribution in [1.29, 1.82) is 0 Å². The zero-order valence-electron chi connectivity index (χ0n) is 11.3. The molecule has 0 radical (unpaired) electrons. The van der Waals surface area contributed by atoms with Gasteiger partial charge in [0.2, 0.25) is 5.95 Å². The van der Waals surface area contributed by atoms with E-state index in [9.17, 15) is 0 Å². The molecule has 0 bridgehead atoms. The van der Waals surface area contributed by atoms with E-state index in [-0.39, 0.29) is 0 Å². The highest BCUT2D eigenvalue weighted by atomic mass is 15.1. The van der Waals surface area contributed by atoms with Gasteiger partial charge in [-0.15, -0.1) is 0 Å². The molecule has 0 aliphatic heterocycles. The largest absolute Gasteiger partial charge is 0.368 e. The van der Waals surface area contributed by atoms with Crippen molar-refractivity contribution in [3.05, 3.63) is 11.8 Å². The molecule has 96 valence electrons. The Morgan fingerprint density at radius 2 is 2.00 bits per heavy atom. The van der Waals surface area contributed by atoms with E-state index in [1.807, 2.05) is 6.92 Å². The van der Waals surface area contributed by atoms with Crippen molar-refractivity contribution in [2.24, 2.45) is 5.92 Å². The van der Waals surface area contributed by atoms with Crippen molar-refractivity contribution in [2.75, 3.05) is 11.1 Å². The van der Waals surface area contributed by atoms with Crippen LogP contribution >= 0.6 is 0 Å². The van der Waals surface area contributed by atoms with Crippen LogP contribution in [0.25, 0.3) is 0 Å². The third kappa shape index (κ3) is 5.02. The molecule has 1 aromatic rings. The molecule has 1 atom stereocenters. The molecule has 1 aromatic heterocycles. The van der Waals surface area contributed by atoms with Crippen LogP contribution in [-0.4, -0.2) is 16.0 Å². The van der Waals surface area contributed by atoms with Crippen LogP contribution in [0.3, 0.4) is 0 Å². The topological polar surface area (TPSA) is 63.8 Å². The average Bonchev–Trinajstić information content (AvgIpc) is 2.23. The molecular formula is C13H24N4. The summed E-state index contributed by atoms with van der Waals surface area (Å²) in [5.74, 6) is 1.96. The highest BCUT2D eigenvalue weighted by Gasteiger charge is 2.07. The molecule has 0 amide bonds. The van der Waals surface area contributed by atoms with Crippen molar-refractivity contribution in [2.45, 2.75) is 53.0 Å². The van der Waals surface area contributed by atoms with Crippen LogP contribution in [-0.2, 0) is 0 Å². The lowest BCUT2D eigenvalue weighted by atomic mass is 10.0. The first-order valence-corrected chi connectivity index (χ1v) is 6.34. The first-order valence-electron chi connectivity index (χ1n) is 6.34. The lowest BCUT2D eigenvalue weighted by molar-refractivity contribution is 0.520. The van der Waals surface area contributed by atoms with E-state index < -0.39 is 0 Å². The first kappa shape index (κ1) is 13.7. The summed E-state index contributed by atoms with van der Waals surface area (Å²) in [4.78, 5) is 8.17. The molecule has 17 heavy (non-hydrogen) atoms. The highest BCUT2D eigenvalue weighted by Crippen LogP contribution is 2.15. The second-order valence-electron chi connectivity index (χ2n) is 5.13. The summed E-state index contributed by atoms with van der Waals surface area (Å²) in [6.45, 7) is 8.68. The monoisotopic (exact) mass is 236 g/mol. The van der Waals surface area contributed by atoms with E-state index in [2.05, 4.69) is 36.1 Å². The molecular weight excluding hydrogens is 212 g/mol. The Hall–Kier alpha value is -1.32. The smallest absolute Gasteiger partial charge is 0.221 e. The van der Waals surface area contributed by atoms with Gasteiger partial charge >= 0.3 is 0 Å². The third-order valence-electron chi connectivity index (χ3n) is 2.79. The van der Waals surface area contributed by atoms with Crippen molar-refractivity contribution in [3.63, 3.8) is 0 Å². The Balaban J connectivity index is 2.44. The molecule has 0 aliphatic rings. The maximum absolute atomic E-state index is 5.58. The molecule has 0 aliphatic carbocycles. The standard InChI is InChI=1S/C13H24N4/c1-9(2)6-5-7-11(4)16-12-10(3)8-15-13(14)17-12/h8-9,11H,5-7H2,1-4H3,(H3,14,15,16,17). The number of nitrogens with one attached hydrogen (secondary N) is 1. The van der Waals surface area contributed by atoms with Crippen molar-refractivity contribution < 1.29 is 0 Å². The lowest BCUT2D eigenvalue weighted by Gasteiger charge is -2.16. The van der Waals surface area contributed by atoms with E-state index in [4.69, 9.17) is 5.73 Å². The first-order chi connectivity index (χ1) is 7.99. The summed E-state index contributed by atoms with van der Waals surface area (Å²) < 4.78 is 0. The Morgan fingerprint density at radius 1 is 1.29 bits per heavy atom. The SMILES string of the molecule is Cc1cnc(N)nc1NC(C)CCCC(C)C. The van der Waals surface area contributed by atoms with E-state index in [1.54, 1.807) is 6.20 Å². The predicted octanol–water partition coefficient (Wildman–Crippen LogP) is 2.99. The fourth-order valence-corrected chi connectivity index (χ4v) is 1.74. The number of aryl methyl sites for hydroxylation is 1. The normalized spacial score (nSPS) is 12.8. The number of aromatic nitrogens is 2. The van der Waals surface area contributed by atoms with Gasteiger partial charge in [0.1, 0.15) is 5.82 Å². The second kappa shape index (κ2) is 6.42. The number of hydrogen-bond donors (Lipinski definition) is 2. The van der Waals surface area contributed by atoms with Gasteiger partial charge in [0.15, 0.2) is 0 Å². The third-order valence-corrected chi connectivity index (χ3v) is 2.79. The molecule has 4 nitrogen and oxygen atoms in total. The van der Waals surface area contributed by atoms with Crippen LogP contribution in [0.1, 0.15) is 45.6 Å². The van der Waals surface area contributed by atoms with Gasteiger partial charge in [0.05, 0.1) is 0 Å². The summed E-state index contributed by atoms with van der Waals surface area (Å²) in [6.07, 6.45) is 5.43. The van der Waals surface area contributed by atoms with Gasteiger partial charge in [0.25, 0.3) is 0 Å². The lowest BCUT2D eigenvalue weighted by Crippen LogP contribution is -2.17. The quantitative estimate of drug-likeness (QED) is 0.797. The van der Waals surface area contributed by atoms with Crippen LogP contribution in [0.2, 0.25) is 0 Å². The zero-order chi connectivity index (χ0) is 12.8. The molecule has 1 unspecified atom stereocenters. The van der Waals surface area contributed by atoms with Gasteiger partial charge < -0.3 is 11.1 Å². The van der Waals surface area contributed by atoms with Crippen LogP contribution in [0.4, 0.5) is 11.8 Å². The Kier molecular flexibility index (Phi) is 5.19. The molecule has 0 aromatic carbocycles. The van der Waals surface area contributed by atoms with Gasteiger partial charge in [-0.2, -0.15) is 4.98 Å². The van der Waals surface area contributed by atoms with Crippen LogP contribution in [0, 0.1) is 12.8 Å². The maximum atomic E-state index is 5.58. The number of nitrogen functional groups attached to an aromatic ring is 1. The van der Waals surface area contributed by atoms with E-state index in [0.29, 0.717) is 12.0 Å². The summed E-state index contributed by atoms with van der Waals surface area (Å²) >= 11 is 0. The summed E-state index contributed by atoms with van der Waals surface area (Å²) in [5.41, 5.74) is 6.62. The summed E-state index contributed by atoms with van der Waals surface area (Å²) in [7, 11) is 0. The number of rotatable bonds is 6. The zero-order valence-corrected chi connectivity index (χ0v) is 11.3. The van der Waals surface area contributed by atoms with E-state index in [0.717, 1.165) is 23.7 Å². The number of nitrogens with zero attached hydrogens (tertiary/aromatic N) is 2. The Bertz CT molecular complexity index is 349. The molecule has 1 rings (SSSR count). The second-order valence-corrected chi connectivity index (χ2v) is 5.13. The van der Waals surface area contributed by atoms with Gasteiger partial charge in [0, 0.05) is 17.8 Å². The van der Waals surface area contributed by atoms with Crippen molar-refractivity contribution in [3.8, 4) is 0 Å². The van der Waals surface area contributed by atoms with Crippen LogP contribution < -0.4 is 11.1 Å². The van der Waals surface area contributed by atoms with Crippen LogP contribution in [0.5, 0.6) is 0 Å². The Morgan fingerprint density at radius 3 is 2.65 bits per heavy atom. The average molecular weight is 236 g/mol. The van der Waals surface area contributed by atoms with E-state index in [1.165, 1.54) is 12.8 Å². The maximum Gasteiger partial charge on any atom is 0.221 e. The summed E-state index contributed by atoms with van der Waals surface area (Å²) in [6, 6.07) is 0.418. The molecule has 0 fully saturated rings. The number of anilines is 2. The summed E-state index contributed by atoms with van der Waals surface area (Å²) in [5, 5.41) is 3.39.